The third-order valence-electron chi connectivity index (χ3n) is 3.40. The summed E-state index contributed by atoms with van der Waals surface area (Å²) >= 11 is 1.30. The Morgan fingerprint density at radius 2 is 2.26 bits per heavy atom. The highest BCUT2D eigenvalue weighted by atomic mass is 32.1. The maximum Gasteiger partial charge on any atom is 0.354 e. The Morgan fingerprint density at radius 3 is 2.91 bits per heavy atom. The summed E-state index contributed by atoms with van der Waals surface area (Å²) in [5.74, 6) is -0.706. The standard InChI is InChI=1S/C15H20N4O3S/c1-4-5-15(2,16)13(21)19-14-18-11(8-23-14)9-6-10(17-7-9)12(20)22-3/h6-8,17H,4-5,16H2,1-3H3,(H,18,19,21). The van der Waals surface area contributed by atoms with Crippen molar-refractivity contribution in [1.29, 1.82) is 0 Å². The first-order valence-corrected chi connectivity index (χ1v) is 8.08. The Bertz CT molecular complexity index is 705. The average molecular weight is 336 g/mol. The molecule has 0 aliphatic carbocycles. The van der Waals surface area contributed by atoms with Gasteiger partial charge in [0.15, 0.2) is 5.13 Å². The Balaban J connectivity index is 2.10. The van der Waals surface area contributed by atoms with E-state index in [4.69, 9.17) is 5.73 Å². The molecule has 2 aromatic heterocycles. The third-order valence-corrected chi connectivity index (χ3v) is 4.15. The summed E-state index contributed by atoms with van der Waals surface area (Å²) < 4.78 is 4.64. The van der Waals surface area contributed by atoms with Crippen molar-refractivity contribution in [2.75, 3.05) is 12.4 Å². The normalized spacial score (nSPS) is 13.4. The molecule has 0 saturated carbocycles. The van der Waals surface area contributed by atoms with Gasteiger partial charge in [0.2, 0.25) is 5.91 Å². The Morgan fingerprint density at radius 1 is 1.52 bits per heavy atom. The lowest BCUT2D eigenvalue weighted by Crippen LogP contribution is -2.48. The van der Waals surface area contributed by atoms with Gasteiger partial charge in [-0.2, -0.15) is 0 Å². The van der Waals surface area contributed by atoms with E-state index < -0.39 is 11.5 Å². The molecule has 1 atom stereocenters. The summed E-state index contributed by atoms with van der Waals surface area (Å²) in [5, 5.41) is 5.01. The molecule has 4 N–H and O–H groups in total. The molecular formula is C15H20N4O3S. The number of H-pyrrole nitrogens is 1. The predicted octanol–water partition coefficient (Wildman–Crippen LogP) is 2.38. The van der Waals surface area contributed by atoms with Crippen molar-refractivity contribution < 1.29 is 14.3 Å². The lowest BCUT2D eigenvalue weighted by atomic mass is 9.97. The highest BCUT2D eigenvalue weighted by Gasteiger charge is 2.27. The number of thiazole rings is 1. The van der Waals surface area contributed by atoms with Crippen LogP contribution < -0.4 is 11.1 Å². The zero-order chi connectivity index (χ0) is 17.0. The minimum absolute atomic E-state index is 0.260. The molecule has 2 aromatic rings. The number of nitrogens with zero attached hydrogens (tertiary/aromatic N) is 1. The van der Waals surface area contributed by atoms with Gasteiger partial charge in [-0.15, -0.1) is 11.3 Å². The molecule has 1 unspecified atom stereocenters. The van der Waals surface area contributed by atoms with Crippen LogP contribution in [0, 0.1) is 0 Å². The molecule has 8 heteroatoms. The van der Waals surface area contributed by atoms with Gasteiger partial charge in [-0.25, -0.2) is 9.78 Å². The van der Waals surface area contributed by atoms with Gasteiger partial charge in [0.1, 0.15) is 5.69 Å². The summed E-state index contributed by atoms with van der Waals surface area (Å²) in [6, 6.07) is 1.65. The lowest BCUT2D eigenvalue weighted by molar-refractivity contribution is -0.120. The number of amides is 1. The smallest absolute Gasteiger partial charge is 0.354 e. The van der Waals surface area contributed by atoms with Crippen molar-refractivity contribution in [2.45, 2.75) is 32.2 Å². The number of carbonyl (C=O) groups is 2. The van der Waals surface area contributed by atoms with Gasteiger partial charge in [0.05, 0.1) is 18.3 Å². The number of hydrogen-bond acceptors (Lipinski definition) is 6. The van der Waals surface area contributed by atoms with Crippen LogP contribution in [0.25, 0.3) is 11.3 Å². The summed E-state index contributed by atoms with van der Waals surface area (Å²) in [4.78, 5) is 30.8. The average Bonchev–Trinajstić information content (AvgIpc) is 3.15. The number of esters is 1. The van der Waals surface area contributed by atoms with E-state index in [1.165, 1.54) is 18.4 Å². The molecule has 124 valence electrons. The molecule has 0 fully saturated rings. The van der Waals surface area contributed by atoms with E-state index in [9.17, 15) is 9.59 Å². The number of ether oxygens (including phenoxy) is 1. The molecule has 0 radical (unpaired) electrons. The fourth-order valence-corrected chi connectivity index (χ4v) is 2.82. The number of aromatic nitrogens is 2. The maximum atomic E-state index is 12.2. The molecule has 0 aliphatic rings. The van der Waals surface area contributed by atoms with Crippen molar-refractivity contribution in [3.05, 3.63) is 23.3 Å². The van der Waals surface area contributed by atoms with Gasteiger partial charge >= 0.3 is 5.97 Å². The third kappa shape index (κ3) is 3.96. The van der Waals surface area contributed by atoms with Crippen LogP contribution in [0.2, 0.25) is 0 Å². The fourth-order valence-electron chi connectivity index (χ4n) is 2.11. The van der Waals surface area contributed by atoms with Crippen LogP contribution in [-0.2, 0) is 9.53 Å². The van der Waals surface area contributed by atoms with Crippen LogP contribution in [0.5, 0.6) is 0 Å². The largest absolute Gasteiger partial charge is 0.464 e. The molecule has 0 bridgehead atoms. The Kier molecular flexibility index (Phi) is 5.17. The molecule has 7 nitrogen and oxygen atoms in total. The van der Waals surface area contributed by atoms with E-state index in [0.717, 1.165) is 12.0 Å². The van der Waals surface area contributed by atoms with Crippen LogP contribution in [0.1, 0.15) is 37.2 Å². The molecule has 0 spiro atoms. The fraction of sp³-hybridized carbons (Fsp3) is 0.400. The van der Waals surface area contributed by atoms with Crippen molar-refractivity contribution in [3.63, 3.8) is 0 Å². The van der Waals surface area contributed by atoms with Crippen molar-refractivity contribution in [1.82, 2.24) is 9.97 Å². The zero-order valence-electron chi connectivity index (χ0n) is 13.3. The second kappa shape index (κ2) is 6.93. The molecule has 1 amide bonds. The maximum absolute atomic E-state index is 12.2. The van der Waals surface area contributed by atoms with Crippen LogP contribution in [0.15, 0.2) is 17.6 Å². The van der Waals surface area contributed by atoms with E-state index in [2.05, 4.69) is 20.0 Å². The van der Waals surface area contributed by atoms with Crippen LogP contribution >= 0.6 is 11.3 Å². The zero-order valence-corrected chi connectivity index (χ0v) is 14.1. The number of hydrogen-bond donors (Lipinski definition) is 3. The Labute approximate surface area is 138 Å². The molecule has 0 aromatic carbocycles. The summed E-state index contributed by atoms with van der Waals surface area (Å²) in [6.45, 7) is 3.68. The monoisotopic (exact) mass is 336 g/mol. The first-order chi connectivity index (χ1) is 10.9. The first-order valence-electron chi connectivity index (χ1n) is 7.20. The number of rotatable bonds is 6. The van der Waals surface area contributed by atoms with Gasteiger partial charge < -0.3 is 20.8 Å². The first kappa shape index (κ1) is 17.2. The van der Waals surface area contributed by atoms with Crippen molar-refractivity contribution >= 4 is 28.3 Å². The SMILES string of the molecule is CCCC(C)(N)C(=O)Nc1nc(-c2c[nH]c(C(=O)OC)c2)cs1. The lowest BCUT2D eigenvalue weighted by Gasteiger charge is -2.21. The molecule has 2 rings (SSSR count). The van der Waals surface area contributed by atoms with Crippen molar-refractivity contribution in [2.24, 2.45) is 5.73 Å². The molecule has 23 heavy (non-hydrogen) atoms. The van der Waals surface area contributed by atoms with Crippen molar-refractivity contribution in [3.8, 4) is 11.3 Å². The quantitative estimate of drug-likeness (QED) is 0.702. The number of methoxy groups -OCH3 is 1. The molecule has 0 aliphatic heterocycles. The van der Waals surface area contributed by atoms with Crippen LogP contribution in [0.3, 0.4) is 0 Å². The van der Waals surface area contributed by atoms with Gasteiger partial charge in [0, 0.05) is 17.1 Å². The topological polar surface area (TPSA) is 110 Å². The number of nitrogens with two attached hydrogens (primary N) is 1. The number of anilines is 1. The summed E-state index contributed by atoms with van der Waals surface area (Å²) in [7, 11) is 1.32. The van der Waals surface area contributed by atoms with Gasteiger partial charge in [0.25, 0.3) is 0 Å². The number of nitrogens with one attached hydrogen (secondary N) is 2. The molecule has 2 heterocycles. The Hall–Kier alpha value is -2.19. The van der Waals surface area contributed by atoms with Gasteiger partial charge in [-0.3, -0.25) is 4.79 Å². The van der Waals surface area contributed by atoms with E-state index in [1.807, 2.05) is 6.92 Å². The van der Waals surface area contributed by atoms with Crippen LogP contribution in [0.4, 0.5) is 5.13 Å². The van der Waals surface area contributed by atoms with E-state index in [-0.39, 0.29) is 5.91 Å². The number of aromatic amines is 1. The highest BCUT2D eigenvalue weighted by Crippen LogP contribution is 2.26. The van der Waals surface area contributed by atoms with Gasteiger partial charge in [-0.1, -0.05) is 13.3 Å². The molecule has 0 saturated heterocycles. The highest BCUT2D eigenvalue weighted by molar-refractivity contribution is 7.14. The number of carbonyl (C=O) groups excluding carboxylic acids is 2. The van der Waals surface area contributed by atoms with E-state index >= 15 is 0 Å². The van der Waals surface area contributed by atoms with E-state index in [1.54, 1.807) is 24.6 Å². The second-order valence-electron chi connectivity index (χ2n) is 5.45. The van der Waals surface area contributed by atoms with Gasteiger partial charge in [-0.05, 0) is 19.4 Å². The summed E-state index contributed by atoms with van der Waals surface area (Å²) in [5.41, 5.74) is 6.82. The summed E-state index contributed by atoms with van der Waals surface area (Å²) in [6.07, 6.45) is 3.08. The molecular weight excluding hydrogens is 316 g/mol. The minimum atomic E-state index is -0.924. The second-order valence-corrected chi connectivity index (χ2v) is 6.31. The van der Waals surface area contributed by atoms with Crippen LogP contribution in [-0.4, -0.2) is 34.5 Å². The predicted molar refractivity (Wildman–Crippen MR) is 89.4 cm³/mol. The minimum Gasteiger partial charge on any atom is -0.464 e. The van der Waals surface area contributed by atoms with E-state index in [0.29, 0.717) is 22.9 Å².